The number of nitrogens with zero attached hydrogens (tertiary/aromatic N) is 4. The fourth-order valence-electron chi connectivity index (χ4n) is 3.25. The second kappa shape index (κ2) is 11.0. The van der Waals surface area contributed by atoms with Crippen molar-refractivity contribution in [2.24, 2.45) is 4.99 Å². The summed E-state index contributed by atoms with van der Waals surface area (Å²) in [5, 5.41) is 10.8. The van der Waals surface area contributed by atoms with Crippen LogP contribution in [-0.2, 0) is 12.0 Å². The van der Waals surface area contributed by atoms with E-state index in [4.69, 9.17) is 8.94 Å². The molecule has 2 aromatic rings. The van der Waals surface area contributed by atoms with Crippen molar-refractivity contribution >= 4 is 29.9 Å². The minimum absolute atomic E-state index is 0. The molecule has 3 rings (SSSR count). The van der Waals surface area contributed by atoms with E-state index < -0.39 is 0 Å². The Morgan fingerprint density at radius 1 is 1.28 bits per heavy atom. The Hall–Kier alpha value is -1.62. The molecule has 1 unspecified atom stereocenters. The molecule has 29 heavy (non-hydrogen) atoms. The third kappa shape index (κ3) is 6.70. The molecule has 8 nitrogen and oxygen atoms in total. The lowest BCUT2D eigenvalue weighted by Gasteiger charge is -2.26. The van der Waals surface area contributed by atoms with Crippen LogP contribution in [0.1, 0.15) is 64.1 Å². The summed E-state index contributed by atoms with van der Waals surface area (Å²) in [6, 6.07) is 4.18. The number of furan rings is 1. The number of guanidine groups is 1. The molecule has 3 heterocycles. The summed E-state index contributed by atoms with van der Waals surface area (Å²) in [6.07, 6.45) is 4.21. The average Bonchev–Trinajstić information content (AvgIpc) is 3.41. The van der Waals surface area contributed by atoms with Gasteiger partial charge in [0.2, 0.25) is 5.89 Å². The highest BCUT2D eigenvalue weighted by molar-refractivity contribution is 14.0. The Labute approximate surface area is 189 Å². The zero-order chi connectivity index (χ0) is 20.0. The van der Waals surface area contributed by atoms with Crippen molar-refractivity contribution in [3.05, 3.63) is 35.9 Å². The Bertz CT molecular complexity index is 747. The minimum atomic E-state index is -0.163. The van der Waals surface area contributed by atoms with Gasteiger partial charge in [-0.3, -0.25) is 4.90 Å². The molecule has 0 bridgehead atoms. The molecule has 1 aliphatic rings. The Kier molecular flexibility index (Phi) is 8.94. The van der Waals surface area contributed by atoms with Gasteiger partial charge < -0.3 is 19.6 Å². The van der Waals surface area contributed by atoms with E-state index in [1.165, 1.54) is 12.8 Å². The van der Waals surface area contributed by atoms with Crippen LogP contribution in [0.4, 0.5) is 0 Å². The first-order chi connectivity index (χ1) is 13.5. The number of hydrogen-bond acceptors (Lipinski definition) is 6. The Morgan fingerprint density at radius 3 is 2.62 bits per heavy atom. The molecule has 0 radical (unpaired) electrons. The van der Waals surface area contributed by atoms with Gasteiger partial charge in [0.1, 0.15) is 12.3 Å². The van der Waals surface area contributed by atoms with Crippen LogP contribution in [0, 0.1) is 0 Å². The number of hydrogen-bond donors (Lipinski definition) is 2. The SMILES string of the molecule is CCNC(=NCc1noc(C(C)(C)C)n1)NCC(c1ccco1)N1CCCC1.I. The van der Waals surface area contributed by atoms with Crippen LogP contribution in [0.5, 0.6) is 0 Å². The Balaban J connectivity index is 0.00000300. The van der Waals surface area contributed by atoms with Gasteiger partial charge in [0.05, 0.1) is 12.3 Å². The largest absolute Gasteiger partial charge is 0.468 e. The van der Waals surface area contributed by atoms with Crippen LogP contribution in [0.3, 0.4) is 0 Å². The van der Waals surface area contributed by atoms with Crippen molar-refractivity contribution in [3.8, 4) is 0 Å². The van der Waals surface area contributed by atoms with Crippen LogP contribution in [0.2, 0.25) is 0 Å². The molecule has 0 amide bonds. The fourth-order valence-corrected chi connectivity index (χ4v) is 3.25. The second-order valence-corrected chi connectivity index (χ2v) is 8.12. The van der Waals surface area contributed by atoms with Crippen molar-refractivity contribution in [2.45, 2.75) is 58.5 Å². The fraction of sp³-hybridized carbons (Fsp3) is 0.650. The van der Waals surface area contributed by atoms with E-state index in [9.17, 15) is 0 Å². The van der Waals surface area contributed by atoms with Gasteiger partial charge in [0, 0.05) is 18.5 Å². The lowest BCUT2D eigenvalue weighted by Crippen LogP contribution is -2.42. The number of aliphatic imine (C=N–C) groups is 1. The van der Waals surface area contributed by atoms with Gasteiger partial charge in [-0.1, -0.05) is 25.9 Å². The number of likely N-dealkylation sites (tertiary alicyclic amines) is 1. The molecule has 0 aliphatic carbocycles. The first-order valence-corrected chi connectivity index (χ1v) is 10.1. The number of rotatable bonds is 7. The van der Waals surface area contributed by atoms with Gasteiger partial charge in [0.15, 0.2) is 11.8 Å². The first-order valence-electron chi connectivity index (χ1n) is 10.1. The molecule has 0 aromatic carbocycles. The van der Waals surface area contributed by atoms with Gasteiger partial charge in [-0.2, -0.15) is 4.98 Å². The lowest BCUT2D eigenvalue weighted by atomic mass is 9.97. The summed E-state index contributed by atoms with van der Waals surface area (Å²) in [5.41, 5.74) is -0.163. The smallest absolute Gasteiger partial charge is 0.232 e. The summed E-state index contributed by atoms with van der Waals surface area (Å²) < 4.78 is 11.0. The zero-order valence-corrected chi connectivity index (χ0v) is 20.1. The quantitative estimate of drug-likeness (QED) is 0.331. The molecule has 2 aromatic heterocycles. The molecule has 1 fully saturated rings. The molecule has 1 saturated heterocycles. The van der Waals surface area contributed by atoms with Crippen LogP contribution < -0.4 is 10.6 Å². The molecule has 2 N–H and O–H groups in total. The maximum Gasteiger partial charge on any atom is 0.232 e. The standard InChI is InChI=1S/C20H32N6O2.HI/c1-5-21-19(23-14-17-24-18(28-25-17)20(2,3)4)22-13-15(16-9-8-12-27-16)26-10-6-7-11-26;/h8-9,12,15H,5-7,10-11,13-14H2,1-4H3,(H2,21,22,23);1H. The van der Waals surface area contributed by atoms with E-state index in [0.29, 0.717) is 18.3 Å². The molecule has 0 spiro atoms. The van der Waals surface area contributed by atoms with Crippen LogP contribution >= 0.6 is 24.0 Å². The van der Waals surface area contributed by atoms with Crippen molar-refractivity contribution in [1.82, 2.24) is 25.7 Å². The van der Waals surface area contributed by atoms with Gasteiger partial charge in [0.25, 0.3) is 0 Å². The highest BCUT2D eigenvalue weighted by Gasteiger charge is 2.26. The average molecular weight is 516 g/mol. The molecule has 9 heteroatoms. The highest BCUT2D eigenvalue weighted by atomic mass is 127. The number of halogens is 1. The van der Waals surface area contributed by atoms with E-state index in [2.05, 4.69) is 30.7 Å². The summed E-state index contributed by atoms with van der Waals surface area (Å²) in [6.45, 7) is 12.3. The molecule has 1 atom stereocenters. The molecule has 0 saturated carbocycles. The van der Waals surface area contributed by atoms with Crippen LogP contribution in [0.15, 0.2) is 32.3 Å². The summed E-state index contributed by atoms with van der Waals surface area (Å²) in [7, 11) is 0. The van der Waals surface area contributed by atoms with Crippen LogP contribution in [-0.4, -0.2) is 47.2 Å². The van der Waals surface area contributed by atoms with Crippen LogP contribution in [0.25, 0.3) is 0 Å². The minimum Gasteiger partial charge on any atom is -0.468 e. The highest BCUT2D eigenvalue weighted by Crippen LogP contribution is 2.25. The summed E-state index contributed by atoms with van der Waals surface area (Å²) in [5.74, 6) is 2.94. The van der Waals surface area contributed by atoms with E-state index in [0.717, 1.165) is 37.9 Å². The van der Waals surface area contributed by atoms with E-state index in [1.807, 2.05) is 39.8 Å². The summed E-state index contributed by atoms with van der Waals surface area (Å²) in [4.78, 5) is 11.5. The van der Waals surface area contributed by atoms with Gasteiger partial charge in [-0.25, -0.2) is 4.99 Å². The molecule has 162 valence electrons. The maximum atomic E-state index is 5.69. The first kappa shape index (κ1) is 23.7. The van der Waals surface area contributed by atoms with Crippen molar-refractivity contribution in [2.75, 3.05) is 26.2 Å². The Morgan fingerprint density at radius 2 is 2.03 bits per heavy atom. The zero-order valence-electron chi connectivity index (χ0n) is 17.8. The van der Waals surface area contributed by atoms with Crippen molar-refractivity contribution < 1.29 is 8.94 Å². The normalized spacial score (nSPS) is 16.5. The van der Waals surface area contributed by atoms with Gasteiger partial charge >= 0.3 is 0 Å². The lowest BCUT2D eigenvalue weighted by molar-refractivity contribution is 0.215. The van der Waals surface area contributed by atoms with Crippen molar-refractivity contribution in [1.29, 1.82) is 0 Å². The summed E-state index contributed by atoms with van der Waals surface area (Å²) >= 11 is 0. The predicted octanol–water partition coefficient (Wildman–Crippen LogP) is 3.47. The second-order valence-electron chi connectivity index (χ2n) is 8.12. The topological polar surface area (TPSA) is 91.7 Å². The molecule has 1 aliphatic heterocycles. The van der Waals surface area contributed by atoms with Crippen molar-refractivity contribution in [3.63, 3.8) is 0 Å². The molecular formula is C20H33IN6O2. The number of aromatic nitrogens is 2. The monoisotopic (exact) mass is 516 g/mol. The third-order valence-corrected chi connectivity index (χ3v) is 4.75. The van der Waals surface area contributed by atoms with E-state index in [1.54, 1.807) is 6.26 Å². The van der Waals surface area contributed by atoms with E-state index in [-0.39, 0.29) is 35.4 Å². The maximum absolute atomic E-state index is 5.69. The predicted molar refractivity (Wildman–Crippen MR) is 123 cm³/mol. The van der Waals surface area contributed by atoms with Gasteiger partial charge in [-0.05, 0) is 45.0 Å². The van der Waals surface area contributed by atoms with E-state index >= 15 is 0 Å². The number of nitrogens with one attached hydrogen (secondary N) is 2. The van der Waals surface area contributed by atoms with Gasteiger partial charge in [-0.15, -0.1) is 24.0 Å². The molecular weight excluding hydrogens is 483 g/mol. The third-order valence-electron chi connectivity index (χ3n) is 4.75.